The molecule has 0 unspecified atom stereocenters. The van der Waals surface area contributed by atoms with Gasteiger partial charge < -0.3 is 20.1 Å². The molecule has 0 saturated heterocycles. The molecule has 1 aliphatic rings. The van der Waals surface area contributed by atoms with E-state index in [9.17, 15) is 0 Å². The Hall–Kier alpha value is -2.57. The van der Waals surface area contributed by atoms with E-state index in [0.717, 1.165) is 50.2 Å². The van der Waals surface area contributed by atoms with E-state index in [-0.39, 0.29) is 0 Å². The predicted molar refractivity (Wildman–Crippen MR) is 110 cm³/mol. The third-order valence-corrected chi connectivity index (χ3v) is 5.00. The molecule has 0 bridgehead atoms. The average Bonchev–Trinajstić information content (AvgIpc) is 3.11. The molecule has 0 atom stereocenters. The molecule has 2 heterocycles. The van der Waals surface area contributed by atoms with Crippen molar-refractivity contribution in [2.45, 2.75) is 46.2 Å². The van der Waals surface area contributed by atoms with Gasteiger partial charge in [-0.05, 0) is 44.4 Å². The van der Waals surface area contributed by atoms with Crippen LogP contribution in [0.25, 0.3) is 0 Å². The van der Waals surface area contributed by atoms with Crippen LogP contribution < -0.4 is 15.5 Å². The molecule has 0 radical (unpaired) electrons. The lowest BCUT2D eigenvalue weighted by atomic mass is 10.2. The van der Waals surface area contributed by atoms with Crippen LogP contribution in [0, 0.1) is 6.92 Å². The Kier molecular flexibility index (Phi) is 6.68. The number of guanidine groups is 1. The molecule has 0 saturated carbocycles. The Morgan fingerprint density at radius 3 is 2.93 bits per heavy atom. The molecule has 2 N–H and O–H groups in total. The number of benzene rings is 1. The number of aryl methyl sites for hydroxylation is 2. The molecule has 0 aliphatic carbocycles. The van der Waals surface area contributed by atoms with Crippen molar-refractivity contribution in [3.8, 4) is 0 Å². The summed E-state index contributed by atoms with van der Waals surface area (Å²) in [7, 11) is 1.80. The molecule has 3 rings (SSSR count). The Morgan fingerprint density at radius 1 is 1.26 bits per heavy atom. The van der Waals surface area contributed by atoms with E-state index in [1.54, 1.807) is 7.05 Å². The van der Waals surface area contributed by atoms with Gasteiger partial charge in [-0.1, -0.05) is 12.1 Å². The first-order valence-corrected chi connectivity index (χ1v) is 9.88. The fraction of sp³-hybridized carbons (Fsp3) is 0.550. The van der Waals surface area contributed by atoms with Gasteiger partial charge >= 0.3 is 0 Å². The van der Waals surface area contributed by atoms with Gasteiger partial charge in [-0.15, -0.1) is 10.2 Å². The fourth-order valence-corrected chi connectivity index (χ4v) is 3.49. The summed E-state index contributed by atoms with van der Waals surface area (Å²) in [5.74, 6) is 2.89. The van der Waals surface area contributed by atoms with Gasteiger partial charge in [0.25, 0.3) is 0 Å². The first-order chi connectivity index (χ1) is 13.2. The minimum atomic E-state index is 0.641. The molecule has 0 amide bonds. The van der Waals surface area contributed by atoms with Crippen molar-refractivity contribution in [3.63, 3.8) is 0 Å². The number of hydrogen-bond acceptors (Lipinski definition) is 4. The Morgan fingerprint density at radius 2 is 2.15 bits per heavy atom. The summed E-state index contributed by atoms with van der Waals surface area (Å²) in [6.07, 6.45) is 3.45. The van der Waals surface area contributed by atoms with Crippen LogP contribution in [0.15, 0.2) is 29.3 Å². The highest BCUT2D eigenvalue weighted by molar-refractivity contribution is 5.79. The second kappa shape index (κ2) is 9.39. The molecule has 7 nitrogen and oxygen atoms in total. The molecule has 27 heavy (non-hydrogen) atoms. The molecular formula is C20H31N7. The van der Waals surface area contributed by atoms with Crippen molar-refractivity contribution >= 4 is 11.6 Å². The second-order valence-corrected chi connectivity index (χ2v) is 6.91. The van der Waals surface area contributed by atoms with E-state index >= 15 is 0 Å². The fourth-order valence-electron chi connectivity index (χ4n) is 3.49. The summed E-state index contributed by atoms with van der Waals surface area (Å²) < 4.78 is 2.24. The van der Waals surface area contributed by atoms with Crippen molar-refractivity contribution in [1.82, 2.24) is 25.4 Å². The highest BCUT2D eigenvalue weighted by Gasteiger charge is 2.15. The smallest absolute Gasteiger partial charge is 0.191 e. The van der Waals surface area contributed by atoms with E-state index in [1.165, 1.54) is 24.1 Å². The number of aromatic nitrogens is 3. The molecular weight excluding hydrogens is 338 g/mol. The van der Waals surface area contributed by atoms with Gasteiger partial charge in [0, 0.05) is 45.3 Å². The molecule has 0 fully saturated rings. The quantitative estimate of drug-likeness (QED) is 0.578. The third-order valence-electron chi connectivity index (χ3n) is 5.00. The van der Waals surface area contributed by atoms with Crippen LogP contribution in [0.3, 0.4) is 0 Å². The third kappa shape index (κ3) is 4.99. The highest BCUT2D eigenvalue weighted by Crippen LogP contribution is 2.15. The topological polar surface area (TPSA) is 70.4 Å². The molecule has 1 aromatic carbocycles. The van der Waals surface area contributed by atoms with Crippen molar-refractivity contribution in [2.24, 2.45) is 4.99 Å². The van der Waals surface area contributed by atoms with Crippen LogP contribution in [0.2, 0.25) is 0 Å². The van der Waals surface area contributed by atoms with Crippen molar-refractivity contribution in [2.75, 3.05) is 31.6 Å². The highest BCUT2D eigenvalue weighted by atomic mass is 15.3. The number of nitrogens with one attached hydrogen (secondary N) is 2. The summed E-state index contributed by atoms with van der Waals surface area (Å²) >= 11 is 0. The van der Waals surface area contributed by atoms with Gasteiger partial charge in [0.1, 0.15) is 5.82 Å². The number of likely N-dealkylation sites (N-methyl/N-ethyl adjacent to an activating group) is 1. The molecule has 0 spiro atoms. The van der Waals surface area contributed by atoms with E-state index in [0.29, 0.717) is 6.54 Å². The Balaban J connectivity index is 1.48. The predicted octanol–water partition coefficient (Wildman–Crippen LogP) is 2.11. The van der Waals surface area contributed by atoms with Gasteiger partial charge in [0.2, 0.25) is 0 Å². The lowest BCUT2D eigenvalue weighted by Crippen LogP contribution is -2.41. The largest absolute Gasteiger partial charge is 0.370 e. The summed E-state index contributed by atoms with van der Waals surface area (Å²) in [5.41, 5.74) is 2.55. The second-order valence-electron chi connectivity index (χ2n) is 6.91. The molecule has 2 aromatic rings. The van der Waals surface area contributed by atoms with E-state index in [1.807, 2.05) is 0 Å². The van der Waals surface area contributed by atoms with E-state index in [2.05, 4.69) is 73.4 Å². The maximum absolute atomic E-state index is 4.33. The summed E-state index contributed by atoms with van der Waals surface area (Å²) in [4.78, 5) is 6.69. The zero-order chi connectivity index (χ0) is 19.1. The average molecular weight is 370 g/mol. The van der Waals surface area contributed by atoms with Crippen molar-refractivity contribution in [3.05, 3.63) is 41.5 Å². The van der Waals surface area contributed by atoms with Crippen LogP contribution >= 0.6 is 0 Å². The lowest BCUT2D eigenvalue weighted by Gasteiger charge is -2.24. The van der Waals surface area contributed by atoms with Crippen molar-refractivity contribution < 1.29 is 0 Å². The number of anilines is 1. The van der Waals surface area contributed by atoms with Gasteiger partial charge in [-0.3, -0.25) is 4.99 Å². The van der Waals surface area contributed by atoms with Gasteiger partial charge in [0.15, 0.2) is 11.8 Å². The number of fused-ring (bicyclic) bond motifs is 1. The van der Waals surface area contributed by atoms with Crippen LogP contribution in [0.5, 0.6) is 0 Å². The molecule has 1 aliphatic heterocycles. The number of nitrogens with zero attached hydrogens (tertiary/aromatic N) is 5. The normalized spacial score (nSPS) is 14.0. The zero-order valence-corrected chi connectivity index (χ0v) is 16.7. The Labute approximate surface area is 161 Å². The SMILES string of the molecule is CCN(CCNC(=NC)NCc1nnc2n1CCCC2)c1cccc(C)c1. The zero-order valence-electron chi connectivity index (χ0n) is 16.7. The van der Waals surface area contributed by atoms with Gasteiger partial charge in [-0.2, -0.15) is 0 Å². The standard InChI is InChI=1S/C20H31N7/c1-4-26(17-9-7-8-16(2)14-17)13-11-22-20(21-3)23-15-19-25-24-18-10-5-6-12-27(18)19/h7-9,14H,4-6,10-13,15H2,1-3H3,(H2,21,22,23). The van der Waals surface area contributed by atoms with E-state index in [4.69, 9.17) is 0 Å². The monoisotopic (exact) mass is 369 g/mol. The van der Waals surface area contributed by atoms with Crippen LogP contribution in [-0.4, -0.2) is 47.4 Å². The van der Waals surface area contributed by atoms with E-state index < -0.39 is 0 Å². The first kappa shape index (κ1) is 19.2. The Bertz CT molecular complexity index is 765. The maximum atomic E-state index is 4.33. The lowest BCUT2D eigenvalue weighted by molar-refractivity contribution is 0.504. The summed E-state index contributed by atoms with van der Waals surface area (Å²) in [5, 5.41) is 15.4. The number of hydrogen-bond donors (Lipinski definition) is 2. The van der Waals surface area contributed by atoms with Crippen LogP contribution in [0.1, 0.15) is 37.0 Å². The van der Waals surface area contributed by atoms with Gasteiger partial charge in [-0.25, -0.2) is 0 Å². The van der Waals surface area contributed by atoms with Crippen LogP contribution in [0.4, 0.5) is 5.69 Å². The summed E-state index contributed by atoms with van der Waals surface area (Å²) in [6, 6.07) is 8.63. The molecule has 1 aromatic heterocycles. The first-order valence-electron chi connectivity index (χ1n) is 9.88. The minimum Gasteiger partial charge on any atom is -0.370 e. The summed E-state index contributed by atoms with van der Waals surface area (Å²) in [6.45, 7) is 8.69. The number of rotatable bonds is 7. The van der Waals surface area contributed by atoms with Gasteiger partial charge in [0.05, 0.1) is 6.54 Å². The minimum absolute atomic E-state index is 0.641. The van der Waals surface area contributed by atoms with Crippen molar-refractivity contribution in [1.29, 1.82) is 0 Å². The molecule has 146 valence electrons. The number of aliphatic imine (C=N–C) groups is 1. The maximum Gasteiger partial charge on any atom is 0.191 e. The van der Waals surface area contributed by atoms with Crippen LogP contribution in [-0.2, 0) is 19.5 Å². The molecule has 7 heteroatoms.